The average molecular weight is 348 g/mol. The van der Waals surface area contributed by atoms with Crippen LogP contribution in [0.3, 0.4) is 0 Å². The maximum Gasteiger partial charge on any atom is 0.307 e. The Balaban J connectivity index is 1.48. The van der Waals surface area contributed by atoms with E-state index in [1.54, 1.807) is 16.0 Å². The largest absolute Gasteiger partial charge is 0.356 e. The van der Waals surface area contributed by atoms with Crippen molar-refractivity contribution in [3.63, 3.8) is 0 Å². The summed E-state index contributed by atoms with van der Waals surface area (Å²) >= 11 is 1.14. The lowest BCUT2D eigenvalue weighted by atomic mass is 10.3. The molecule has 6 nitrogen and oxygen atoms in total. The van der Waals surface area contributed by atoms with Crippen LogP contribution in [-0.2, 0) is 17.8 Å². The molecule has 1 aromatic carbocycles. The summed E-state index contributed by atoms with van der Waals surface area (Å²) < 4.78 is 14.7. The van der Waals surface area contributed by atoms with Crippen LogP contribution >= 0.6 is 11.3 Å². The van der Waals surface area contributed by atoms with Gasteiger partial charge in [0.2, 0.25) is 5.91 Å². The second kappa shape index (κ2) is 6.96. The van der Waals surface area contributed by atoms with Crippen molar-refractivity contribution in [3.05, 3.63) is 50.6 Å². The van der Waals surface area contributed by atoms with Crippen molar-refractivity contribution in [2.24, 2.45) is 0 Å². The van der Waals surface area contributed by atoms with Gasteiger partial charge in [0.1, 0.15) is 11.6 Å². The maximum absolute atomic E-state index is 13.1. The first kappa shape index (κ1) is 16.4. The second-order valence-corrected chi connectivity index (χ2v) is 6.31. The van der Waals surface area contributed by atoms with Crippen molar-refractivity contribution < 1.29 is 9.18 Å². The Labute approximate surface area is 141 Å². The molecule has 0 fully saturated rings. The summed E-state index contributed by atoms with van der Waals surface area (Å²) in [6.45, 7) is 2.66. The molecule has 0 atom stereocenters. The highest BCUT2D eigenvalue weighted by Crippen LogP contribution is 2.12. The molecule has 0 aliphatic rings. The molecule has 0 aliphatic carbocycles. The smallest absolute Gasteiger partial charge is 0.307 e. The van der Waals surface area contributed by atoms with Gasteiger partial charge in [0.25, 0.3) is 0 Å². The summed E-state index contributed by atoms with van der Waals surface area (Å²) in [4.78, 5) is 30.8. The van der Waals surface area contributed by atoms with Crippen LogP contribution in [0.2, 0.25) is 0 Å². The number of carbonyl (C=O) groups is 1. The summed E-state index contributed by atoms with van der Waals surface area (Å²) in [5.41, 5.74) is 2.21. The number of amides is 1. The highest BCUT2D eigenvalue weighted by Gasteiger charge is 2.07. The first-order valence-electron chi connectivity index (χ1n) is 7.59. The third kappa shape index (κ3) is 3.70. The Hall–Kier alpha value is -2.48. The van der Waals surface area contributed by atoms with Crippen LogP contribution in [0.4, 0.5) is 4.39 Å². The number of H-pyrrole nitrogens is 1. The molecule has 2 aromatic heterocycles. The highest BCUT2D eigenvalue weighted by atomic mass is 32.1. The van der Waals surface area contributed by atoms with Crippen LogP contribution < -0.4 is 10.2 Å². The van der Waals surface area contributed by atoms with E-state index >= 15 is 0 Å². The van der Waals surface area contributed by atoms with Crippen molar-refractivity contribution in [2.75, 3.05) is 6.54 Å². The predicted molar refractivity (Wildman–Crippen MR) is 90.7 cm³/mol. The fourth-order valence-electron chi connectivity index (χ4n) is 2.45. The third-order valence-corrected chi connectivity index (χ3v) is 4.60. The standard InChI is InChI=1S/C16H17FN4O2S/c1-10-9-24-16(23)21(10)7-5-15(22)18-6-4-14-19-12-3-2-11(17)8-13(12)20-14/h2-3,8-9H,4-7H2,1H3,(H,18,22)(H,19,20). The number of imidazole rings is 1. The zero-order chi connectivity index (χ0) is 17.1. The van der Waals surface area contributed by atoms with Crippen molar-refractivity contribution in [2.45, 2.75) is 26.3 Å². The van der Waals surface area contributed by atoms with Crippen LogP contribution in [0.15, 0.2) is 28.4 Å². The molecular weight excluding hydrogens is 331 g/mol. The van der Waals surface area contributed by atoms with Gasteiger partial charge < -0.3 is 14.9 Å². The SMILES string of the molecule is Cc1csc(=O)n1CCC(=O)NCCc1nc2ccc(F)cc2[nH]1. The number of rotatable bonds is 6. The Bertz CT molecular complexity index is 928. The van der Waals surface area contributed by atoms with Gasteiger partial charge in [-0.3, -0.25) is 9.59 Å². The Kier molecular flexibility index (Phi) is 4.75. The van der Waals surface area contributed by atoms with Crippen molar-refractivity contribution in [1.82, 2.24) is 19.9 Å². The van der Waals surface area contributed by atoms with E-state index in [2.05, 4.69) is 15.3 Å². The van der Waals surface area contributed by atoms with Crippen LogP contribution in [0.25, 0.3) is 11.0 Å². The van der Waals surface area contributed by atoms with Crippen molar-refractivity contribution in [3.8, 4) is 0 Å². The van der Waals surface area contributed by atoms with Gasteiger partial charge in [0.15, 0.2) is 0 Å². The zero-order valence-electron chi connectivity index (χ0n) is 13.1. The predicted octanol–water partition coefficient (Wildman–Crippen LogP) is 1.98. The fraction of sp³-hybridized carbons (Fsp3) is 0.312. The van der Waals surface area contributed by atoms with Crippen molar-refractivity contribution in [1.29, 1.82) is 0 Å². The molecule has 3 aromatic rings. The van der Waals surface area contributed by atoms with Gasteiger partial charge in [-0.15, -0.1) is 0 Å². The van der Waals surface area contributed by atoms with Crippen LogP contribution in [0.5, 0.6) is 0 Å². The van der Waals surface area contributed by atoms with Gasteiger partial charge >= 0.3 is 4.87 Å². The number of halogens is 1. The molecule has 1 amide bonds. The minimum Gasteiger partial charge on any atom is -0.356 e. The Morgan fingerprint density at radius 3 is 3.04 bits per heavy atom. The average Bonchev–Trinajstić information content (AvgIpc) is 3.08. The van der Waals surface area contributed by atoms with E-state index < -0.39 is 0 Å². The first-order valence-corrected chi connectivity index (χ1v) is 8.46. The minimum absolute atomic E-state index is 0.0465. The number of nitrogens with zero attached hydrogens (tertiary/aromatic N) is 2. The molecule has 2 heterocycles. The monoisotopic (exact) mass is 348 g/mol. The lowest BCUT2D eigenvalue weighted by Gasteiger charge is -2.05. The van der Waals surface area contributed by atoms with Crippen molar-refractivity contribution >= 4 is 28.3 Å². The number of hydrogen-bond acceptors (Lipinski definition) is 4. The Morgan fingerprint density at radius 1 is 1.46 bits per heavy atom. The number of benzene rings is 1. The molecule has 24 heavy (non-hydrogen) atoms. The molecule has 8 heteroatoms. The summed E-state index contributed by atoms with van der Waals surface area (Å²) in [5, 5.41) is 4.59. The van der Waals surface area contributed by atoms with E-state index in [0.29, 0.717) is 36.4 Å². The van der Waals surface area contributed by atoms with Crippen LogP contribution in [-0.4, -0.2) is 27.0 Å². The summed E-state index contributed by atoms with van der Waals surface area (Å²) in [5.74, 6) is 0.264. The number of aryl methyl sites for hydroxylation is 1. The molecule has 3 rings (SSSR count). The number of fused-ring (bicyclic) bond motifs is 1. The maximum atomic E-state index is 13.1. The summed E-state index contributed by atoms with van der Waals surface area (Å²) in [6, 6.07) is 4.37. The topological polar surface area (TPSA) is 79.8 Å². The first-order chi connectivity index (χ1) is 11.5. The molecule has 0 aliphatic heterocycles. The summed E-state index contributed by atoms with van der Waals surface area (Å²) in [7, 11) is 0. The molecule has 2 N–H and O–H groups in total. The lowest BCUT2D eigenvalue weighted by molar-refractivity contribution is -0.121. The number of thiazole rings is 1. The lowest BCUT2D eigenvalue weighted by Crippen LogP contribution is -2.28. The number of nitrogens with one attached hydrogen (secondary N) is 2. The van der Waals surface area contributed by atoms with Gasteiger partial charge in [0, 0.05) is 37.0 Å². The van der Waals surface area contributed by atoms with E-state index in [-0.39, 0.29) is 23.0 Å². The molecule has 0 saturated heterocycles. The van der Waals surface area contributed by atoms with E-state index in [0.717, 1.165) is 17.0 Å². The van der Waals surface area contributed by atoms with Crippen LogP contribution in [0.1, 0.15) is 17.9 Å². The molecule has 0 bridgehead atoms. The quantitative estimate of drug-likeness (QED) is 0.715. The molecule has 126 valence electrons. The van der Waals surface area contributed by atoms with E-state index in [1.807, 2.05) is 6.92 Å². The van der Waals surface area contributed by atoms with Gasteiger partial charge in [-0.05, 0) is 25.1 Å². The molecular formula is C16H17FN4O2S. The second-order valence-electron chi connectivity index (χ2n) is 5.49. The van der Waals surface area contributed by atoms with Gasteiger partial charge in [-0.1, -0.05) is 11.3 Å². The fourth-order valence-corrected chi connectivity index (χ4v) is 3.21. The number of hydrogen-bond donors (Lipinski definition) is 2. The van der Waals surface area contributed by atoms with Crippen LogP contribution in [0, 0.1) is 12.7 Å². The van der Waals surface area contributed by atoms with E-state index in [9.17, 15) is 14.0 Å². The molecule has 0 radical (unpaired) electrons. The third-order valence-electron chi connectivity index (χ3n) is 3.72. The number of aromatic amines is 1. The van der Waals surface area contributed by atoms with Gasteiger partial charge in [-0.2, -0.15) is 0 Å². The van der Waals surface area contributed by atoms with Gasteiger partial charge in [0.05, 0.1) is 11.0 Å². The Morgan fingerprint density at radius 2 is 2.29 bits per heavy atom. The van der Waals surface area contributed by atoms with E-state index in [4.69, 9.17) is 0 Å². The van der Waals surface area contributed by atoms with E-state index in [1.165, 1.54) is 12.1 Å². The molecule has 0 unspecified atom stereocenters. The zero-order valence-corrected chi connectivity index (χ0v) is 14.0. The normalized spacial score (nSPS) is 11.1. The van der Waals surface area contributed by atoms with Gasteiger partial charge in [-0.25, -0.2) is 9.37 Å². The molecule has 0 saturated carbocycles. The highest BCUT2D eigenvalue weighted by molar-refractivity contribution is 7.07. The minimum atomic E-state index is -0.315. The number of carbonyl (C=O) groups excluding carboxylic acids is 1. The summed E-state index contributed by atoms with van der Waals surface area (Å²) in [6.07, 6.45) is 0.780. The molecule has 0 spiro atoms. The number of aromatic nitrogens is 3.